The van der Waals surface area contributed by atoms with Gasteiger partial charge in [0, 0.05) is 48.1 Å². The smallest absolute Gasteiger partial charge is 0.259 e. The van der Waals surface area contributed by atoms with E-state index in [9.17, 15) is 9.90 Å². The molecule has 0 saturated heterocycles. The molecule has 36 heavy (non-hydrogen) atoms. The van der Waals surface area contributed by atoms with E-state index in [1.165, 1.54) is 0 Å². The molecule has 0 radical (unpaired) electrons. The van der Waals surface area contributed by atoms with Crippen molar-refractivity contribution in [1.29, 1.82) is 0 Å². The lowest BCUT2D eigenvalue weighted by Gasteiger charge is -2.23. The van der Waals surface area contributed by atoms with Crippen LogP contribution in [0.3, 0.4) is 0 Å². The summed E-state index contributed by atoms with van der Waals surface area (Å²) in [5.74, 6) is 0. The Hall–Kier alpha value is -3.69. The summed E-state index contributed by atoms with van der Waals surface area (Å²) in [5, 5.41) is 25.5. The van der Waals surface area contributed by atoms with Gasteiger partial charge in [-0.05, 0) is 50.1 Å². The van der Waals surface area contributed by atoms with E-state index in [1.54, 1.807) is 34.8 Å². The number of rotatable bonds is 6. The Labute approximate surface area is 213 Å². The number of aryl methyl sites for hydroxylation is 4. The third-order valence-corrected chi connectivity index (χ3v) is 7.00. The summed E-state index contributed by atoms with van der Waals surface area (Å²) in [6.07, 6.45) is 3.55. The number of halogens is 1. The number of aliphatic hydroxyl groups excluding tert-OH is 1. The largest absolute Gasteiger partial charge is 0.394 e. The second-order valence-electron chi connectivity index (χ2n) is 9.02. The lowest BCUT2D eigenvalue weighted by Crippen LogP contribution is -2.22. The predicted octanol–water partition coefficient (Wildman–Crippen LogP) is 4.12. The fourth-order valence-electron chi connectivity index (χ4n) is 4.87. The van der Waals surface area contributed by atoms with Gasteiger partial charge in [-0.15, -0.1) is 0 Å². The number of anilines is 1. The standard InChI is InChI=1S/C26H28ClN7O2/c1-6-34-25-19(12-29-34)23-16(9-14(2)10-17(23)26(36)32(25)4)21(13-35)30-20-7-8-22(27)31-24(20)18-11-28-33(5)15(18)3/h7-12,21,30,35H,6,13H2,1-5H3. The van der Waals surface area contributed by atoms with Crippen molar-refractivity contribution in [3.8, 4) is 11.3 Å². The van der Waals surface area contributed by atoms with E-state index >= 15 is 0 Å². The molecule has 0 amide bonds. The first-order chi connectivity index (χ1) is 17.2. The van der Waals surface area contributed by atoms with Crippen LogP contribution in [0.25, 0.3) is 33.1 Å². The highest BCUT2D eigenvalue weighted by molar-refractivity contribution is 6.29. The molecule has 2 N–H and O–H groups in total. The van der Waals surface area contributed by atoms with Crippen LogP contribution in [0.5, 0.6) is 0 Å². The van der Waals surface area contributed by atoms with Gasteiger partial charge in [-0.3, -0.25) is 14.0 Å². The van der Waals surface area contributed by atoms with Gasteiger partial charge in [0.15, 0.2) is 0 Å². The number of nitrogens with one attached hydrogen (secondary N) is 1. The molecule has 1 aromatic carbocycles. The number of hydrogen-bond acceptors (Lipinski definition) is 6. The van der Waals surface area contributed by atoms with Crippen molar-refractivity contribution >= 4 is 39.1 Å². The maximum absolute atomic E-state index is 13.4. The molecule has 4 aromatic heterocycles. The summed E-state index contributed by atoms with van der Waals surface area (Å²) in [5.41, 5.74) is 5.51. The molecule has 0 fully saturated rings. The number of aromatic nitrogens is 6. The first-order valence-electron chi connectivity index (χ1n) is 11.8. The van der Waals surface area contributed by atoms with E-state index in [1.807, 2.05) is 50.7 Å². The van der Waals surface area contributed by atoms with Gasteiger partial charge < -0.3 is 10.4 Å². The van der Waals surface area contributed by atoms with Gasteiger partial charge in [-0.2, -0.15) is 10.2 Å². The Bertz CT molecular complexity index is 1680. The van der Waals surface area contributed by atoms with Crippen LogP contribution in [-0.4, -0.2) is 40.8 Å². The lowest BCUT2D eigenvalue weighted by atomic mass is 9.95. The topological polar surface area (TPSA) is 103 Å². The minimum Gasteiger partial charge on any atom is -0.394 e. The summed E-state index contributed by atoms with van der Waals surface area (Å²) >= 11 is 6.26. The van der Waals surface area contributed by atoms with E-state index in [0.29, 0.717) is 28.5 Å². The maximum Gasteiger partial charge on any atom is 0.259 e. The first-order valence-corrected chi connectivity index (χ1v) is 12.1. The van der Waals surface area contributed by atoms with Crippen LogP contribution in [0, 0.1) is 13.8 Å². The molecule has 5 aromatic rings. The van der Waals surface area contributed by atoms with Crippen LogP contribution in [0.2, 0.25) is 5.15 Å². The Morgan fingerprint density at radius 2 is 1.89 bits per heavy atom. The maximum atomic E-state index is 13.4. The third kappa shape index (κ3) is 3.75. The van der Waals surface area contributed by atoms with Gasteiger partial charge in [-0.25, -0.2) is 9.67 Å². The van der Waals surface area contributed by atoms with Gasteiger partial charge >= 0.3 is 0 Å². The molecule has 9 nitrogen and oxygen atoms in total. The highest BCUT2D eigenvalue weighted by Gasteiger charge is 2.23. The van der Waals surface area contributed by atoms with Crippen LogP contribution in [0.15, 0.2) is 41.5 Å². The van der Waals surface area contributed by atoms with Gasteiger partial charge in [-0.1, -0.05) is 17.7 Å². The third-order valence-electron chi connectivity index (χ3n) is 6.79. The minimum atomic E-state index is -0.522. The van der Waals surface area contributed by atoms with Gasteiger partial charge in [0.25, 0.3) is 5.56 Å². The molecule has 0 aliphatic carbocycles. The summed E-state index contributed by atoms with van der Waals surface area (Å²) in [7, 11) is 3.64. The predicted molar refractivity (Wildman–Crippen MR) is 143 cm³/mol. The molecular weight excluding hydrogens is 478 g/mol. The van der Waals surface area contributed by atoms with Gasteiger partial charge in [0.05, 0.1) is 36.4 Å². The summed E-state index contributed by atoms with van der Waals surface area (Å²) in [6.45, 7) is 6.33. The van der Waals surface area contributed by atoms with Crippen molar-refractivity contribution in [3.05, 3.63) is 69.0 Å². The van der Waals surface area contributed by atoms with E-state index in [2.05, 4.69) is 20.5 Å². The fourth-order valence-corrected chi connectivity index (χ4v) is 5.02. The number of nitrogens with zero attached hydrogens (tertiary/aromatic N) is 6. The average Bonchev–Trinajstić information content (AvgIpc) is 3.44. The zero-order valence-electron chi connectivity index (χ0n) is 20.9. The normalized spacial score (nSPS) is 12.5. The van der Waals surface area contributed by atoms with Crippen LogP contribution >= 0.6 is 11.6 Å². The second kappa shape index (κ2) is 9.07. The molecule has 0 bridgehead atoms. The SMILES string of the molecule is CCn1ncc2c3c(C(CO)Nc4ccc(Cl)nc4-c4cnn(C)c4C)cc(C)cc3c(=O)n(C)c21. The molecule has 0 aliphatic rings. The van der Waals surface area contributed by atoms with E-state index in [0.717, 1.165) is 38.8 Å². The zero-order chi connectivity index (χ0) is 25.7. The molecule has 5 rings (SSSR count). The number of hydrogen-bond donors (Lipinski definition) is 2. The lowest BCUT2D eigenvalue weighted by molar-refractivity contribution is 0.277. The van der Waals surface area contributed by atoms with Crippen LogP contribution in [0.4, 0.5) is 5.69 Å². The first kappa shape index (κ1) is 24.0. The van der Waals surface area contributed by atoms with Crippen molar-refractivity contribution in [2.24, 2.45) is 14.1 Å². The monoisotopic (exact) mass is 505 g/mol. The molecule has 0 saturated carbocycles. The summed E-state index contributed by atoms with van der Waals surface area (Å²) in [4.78, 5) is 18.0. The summed E-state index contributed by atoms with van der Waals surface area (Å²) in [6, 6.07) is 6.94. The Balaban J connectivity index is 1.73. The molecule has 0 aliphatic heterocycles. The number of aliphatic hydroxyl groups is 1. The molecule has 186 valence electrons. The molecule has 0 spiro atoms. The van der Waals surface area contributed by atoms with Crippen molar-refractivity contribution in [1.82, 2.24) is 29.1 Å². The van der Waals surface area contributed by atoms with Gasteiger partial charge in [0.1, 0.15) is 10.8 Å². The van der Waals surface area contributed by atoms with E-state index in [-0.39, 0.29) is 12.2 Å². The molecule has 4 heterocycles. The van der Waals surface area contributed by atoms with Crippen molar-refractivity contribution in [3.63, 3.8) is 0 Å². The zero-order valence-corrected chi connectivity index (χ0v) is 21.6. The van der Waals surface area contributed by atoms with E-state index in [4.69, 9.17) is 11.6 Å². The number of fused-ring (bicyclic) bond motifs is 3. The fraction of sp³-hybridized carbons (Fsp3) is 0.308. The Kier molecular flexibility index (Phi) is 6.05. The molecule has 1 unspecified atom stereocenters. The van der Waals surface area contributed by atoms with Crippen LogP contribution in [-0.2, 0) is 20.6 Å². The van der Waals surface area contributed by atoms with Crippen molar-refractivity contribution in [2.45, 2.75) is 33.4 Å². The van der Waals surface area contributed by atoms with E-state index < -0.39 is 6.04 Å². The number of benzene rings is 1. The molecular formula is C26H28ClN7O2. The highest BCUT2D eigenvalue weighted by Crippen LogP contribution is 2.36. The van der Waals surface area contributed by atoms with Crippen molar-refractivity contribution < 1.29 is 5.11 Å². The minimum absolute atomic E-state index is 0.103. The molecule has 1 atom stereocenters. The highest BCUT2D eigenvalue weighted by atomic mass is 35.5. The van der Waals surface area contributed by atoms with Crippen LogP contribution < -0.4 is 10.9 Å². The Morgan fingerprint density at radius 1 is 1.11 bits per heavy atom. The van der Waals surface area contributed by atoms with Crippen LogP contribution in [0.1, 0.15) is 29.8 Å². The number of pyridine rings is 2. The Morgan fingerprint density at radius 3 is 2.56 bits per heavy atom. The van der Waals surface area contributed by atoms with Crippen molar-refractivity contribution in [2.75, 3.05) is 11.9 Å². The molecule has 10 heteroatoms. The average molecular weight is 506 g/mol. The summed E-state index contributed by atoms with van der Waals surface area (Å²) < 4.78 is 5.23. The quantitative estimate of drug-likeness (QED) is 0.336. The van der Waals surface area contributed by atoms with Gasteiger partial charge in [0.2, 0.25) is 0 Å². The second-order valence-corrected chi connectivity index (χ2v) is 9.40.